The third-order valence-electron chi connectivity index (χ3n) is 4.43. The van der Waals surface area contributed by atoms with Gasteiger partial charge in [0, 0.05) is 32.2 Å². The lowest BCUT2D eigenvalue weighted by molar-refractivity contribution is -0.386. The minimum atomic E-state index is -4.82. The smallest absolute Gasteiger partial charge is 0.406 e. The summed E-state index contributed by atoms with van der Waals surface area (Å²) in [6.07, 6.45) is -4.82. The van der Waals surface area contributed by atoms with Crippen molar-refractivity contribution in [2.45, 2.75) is 12.4 Å². The Balaban J connectivity index is 0.00000225. The molecule has 2 aromatic rings. The first-order valence-corrected chi connectivity index (χ1v) is 8.49. The van der Waals surface area contributed by atoms with Crippen molar-refractivity contribution in [3.8, 4) is 5.75 Å². The molecule has 1 heterocycles. The number of alkyl halides is 3. The monoisotopic (exact) mass is 471 g/mol. The van der Waals surface area contributed by atoms with E-state index in [9.17, 15) is 27.7 Å². The Kier molecular flexibility index (Phi) is 9.29. The maximum atomic E-state index is 13.9. The highest BCUT2D eigenvalue weighted by atomic mass is 35.5. The Morgan fingerprint density at radius 1 is 1.07 bits per heavy atom. The van der Waals surface area contributed by atoms with Crippen molar-refractivity contribution in [1.29, 1.82) is 0 Å². The molecule has 0 radical (unpaired) electrons. The van der Waals surface area contributed by atoms with E-state index in [2.05, 4.69) is 10.1 Å². The van der Waals surface area contributed by atoms with Gasteiger partial charge in [0.15, 0.2) is 0 Å². The molecule has 2 aromatic carbocycles. The molecule has 0 saturated carbocycles. The van der Waals surface area contributed by atoms with Crippen LogP contribution in [-0.2, 0) is 0 Å². The van der Waals surface area contributed by atoms with E-state index in [-0.39, 0.29) is 36.1 Å². The lowest BCUT2D eigenvalue weighted by Gasteiger charge is -2.35. The average Bonchev–Trinajstić information content (AvgIpc) is 2.63. The van der Waals surface area contributed by atoms with Gasteiger partial charge >= 0.3 is 6.36 Å². The molecular weight excluding hydrogens is 453 g/mol. The average molecular weight is 472 g/mol. The molecule has 0 unspecified atom stereocenters. The first kappa shape index (κ1) is 25.9. The highest BCUT2D eigenvalue weighted by Gasteiger charge is 2.32. The van der Waals surface area contributed by atoms with E-state index in [0.29, 0.717) is 31.7 Å². The van der Waals surface area contributed by atoms with E-state index in [1.165, 1.54) is 12.1 Å². The normalized spacial score (nSPS) is 15.5. The van der Waals surface area contributed by atoms with Crippen LogP contribution in [0, 0.1) is 15.9 Å². The molecule has 1 aliphatic rings. The van der Waals surface area contributed by atoms with Crippen molar-refractivity contribution in [2.75, 3.05) is 26.2 Å². The van der Waals surface area contributed by atoms with E-state index in [4.69, 9.17) is 0 Å². The van der Waals surface area contributed by atoms with E-state index in [1.807, 2.05) is 4.90 Å². The van der Waals surface area contributed by atoms with Crippen LogP contribution in [0.15, 0.2) is 42.5 Å². The van der Waals surface area contributed by atoms with Crippen LogP contribution in [0.3, 0.4) is 0 Å². The zero-order valence-electron chi connectivity index (χ0n) is 15.4. The predicted molar refractivity (Wildman–Crippen MR) is 107 cm³/mol. The molecule has 1 saturated heterocycles. The zero-order chi connectivity index (χ0) is 20.3. The first-order chi connectivity index (χ1) is 13.2. The van der Waals surface area contributed by atoms with E-state index >= 15 is 0 Å². The molecule has 12 heteroatoms. The molecule has 0 spiro atoms. The van der Waals surface area contributed by atoms with Crippen molar-refractivity contribution in [3.05, 3.63) is 69.5 Å². The second-order valence-corrected chi connectivity index (χ2v) is 6.27. The summed E-state index contributed by atoms with van der Waals surface area (Å²) in [7, 11) is 0. The highest BCUT2D eigenvalue weighted by Crippen LogP contribution is 2.36. The van der Waals surface area contributed by atoms with Gasteiger partial charge in [-0.15, -0.1) is 38.0 Å². The summed E-state index contributed by atoms with van der Waals surface area (Å²) in [6, 6.07) is 7.62. The number of hydrogen-bond donors (Lipinski definition) is 1. The second-order valence-electron chi connectivity index (χ2n) is 6.27. The van der Waals surface area contributed by atoms with Gasteiger partial charge in [-0.3, -0.25) is 15.0 Å². The first-order valence-electron chi connectivity index (χ1n) is 8.49. The zero-order valence-corrected chi connectivity index (χ0v) is 17.0. The number of nitro groups is 1. The standard InChI is InChI=1S/C18H17F4N3O3.2ClH/c19-13-3-6-16(25(26)27)15(11-13)17(24-9-7-23-8-10-24)12-1-4-14(5-2-12)28-18(20,21)22;;/h1-6,11,17,23H,7-10H2;2*1H/t17-;;/m0../s1. The molecule has 1 atom stereocenters. The number of nitro benzene ring substituents is 1. The molecule has 0 bridgehead atoms. The maximum Gasteiger partial charge on any atom is 0.573 e. The molecule has 1 fully saturated rings. The summed E-state index contributed by atoms with van der Waals surface area (Å²) in [6.45, 7) is 2.35. The number of benzene rings is 2. The summed E-state index contributed by atoms with van der Waals surface area (Å²) >= 11 is 0. The Bertz CT molecular complexity index is 848. The minimum absolute atomic E-state index is 0. The van der Waals surface area contributed by atoms with Crippen LogP contribution in [0.5, 0.6) is 5.75 Å². The van der Waals surface area contributed by atoms with E-state index in [0.717, 1.165) is 30.3 Å². The summed E-state index contributed by atoms with van der Waals surface area (Å²) < 4.78 is 54.9. The number of nitrogens with zero attached hydrogens (tertiary/aromatic N) is 2. The lowest BCUT2D eigenvalue weighted by Crippen LogP contribution is -2.45. The topological polar surface area (TPSA) is 67.6 Å². The van der Waals surface area contributed by atoms with Crippen molar-refractivity contribution in [2.24, 2.45) is 0 Å². The SMILES string of the molecule is Cl.Cl.O=[N+]([O-])c1ccc(F)cc1[C@H](c1ccc(OC(F)(F)F)cc1)N1CCNCC1. The summed E-state index contributed by atoms with van der Waals surface area (Å²) in [4.78, 5) is 12.8. The largest absolute Gasteiger partial charge is 0.573 e. The number of nitrogens with one attached hydrogen (secondary N) is 1. The van der Waals surface area contributed by atoms with Crippen molar-refractivity contribution < 1.29 is 27.2 Å². The van der Waals surface area contributed by atoms with Gasteiger partial charge < -0.3 is 10.1 Å². The van der Waals surface area contributed by atoms with E-state index in [1.54, 1.807) is 0 Å². The van der Waals surface area contributed by atoms with E-state index < -0.39 is 28.9 Å². The Morgan fingerprint density at radius 3 is 2.20 bits per heavy atom. The Morgan fingerprint density at radius 2 is 1.67 bits per heavy atom. The summed E-state index contributed by atoms with van der Waals surface area (Å²) in [5.41, 5.74) is 0.405. The van der Waals surface area contributed by atoms with Gasteiger partial charge in [0.1, 0.15) is 11.6 Å². The minimum Gasteiger partial charge on any atom is -0.406 e. The van der Waals surface area contributed by atoms with Crippen molar-refractivity contribution in [1.82, 2.24) is 10.2 Å². The third kappa shape index (κ3) is 6.43. The highest BCUT2D eigenvalue weighted by molar-refractivity contribution is 5.85. The molecule has 3 rings (SSSR count). The molecule has 0 aromatic heterocycles. The van der Waals surface area contributed by atoms with Gasteiger partial charge in [0.05, 0.1) is 16.5 Å². The fourth-order valence-corrected chi connectivity index (χ4v) is 3.29. The van der Waals surface area contributed by atoms with Gasteiger partial charge in [0.2, 0.25) is 0 Å². The number of ether oxygens (including phenoxy) is 1. The number of piperazine rings is 1. The molecule has 1 N–H and O–H groups in total. The van der Waals surface area contributed by atoms with Gasteiger partial charge in [-0.05, 0) is 29.8 Å². The molecule has 1 aliphatic heterocycles. The molecule has 166 valence electrons. The Hall–Kier alpha value is -2.14. The van der Waals surface area contributed by atoms with Crippen LogP contribution in [0.4, 0.5) is 23.2 Å². The van der Waals surface area contributed by atoms with Crippen LogP contribution >= 0.6 is 24.8 Å². The quantitative estimate of drug-likeness (QED) is 0.395. The van der Waals surface area contributed by atoms with Gasteiger partial charge in [-0.25, -0.2) is 4.39 Å². The molecule has 0 aliphatic carbocycles. The van der Waals surface area contributed by atoms with Crippen molar-refractivity contribution >= 4 is 30.5 Å². The molecule has 0 amide bonds. The third-order valence-corrected chi connectivity index (χ3v) is 4.43. The van der Waals surface area contributed by atoms with Crippen LogP contribution in [-0.4, -0.2) is 42.4 Å². The van der Waals surface area contributed by atoms with Crippen molar-refractivity contribution in [3.63, 3.8) is 0 Å². The maximum absolute atomic E-state index is 13.9. The fourth-order valence-electron chi connectivity index (χ4n) is 3.29. The van der Waals surface area contributed by atoms with Gasteiger partial charge in [-0.1, -0.05) is 12.1 Å². The predicted octanol–water partition coefficient (Wildman–Crippen LogP) is 4.47. The number of rotatable bonds is 5. The Labute approximate surface area is 182 Å². The molecule has 6 nitrogen and oxygen atoms in total. The molecular formula is C18H19Cl2F4N3O3. The van der Waals surface area contributed by atoms with Gasteiger partial charge in [-0.2, -0.15) is 0 Å². The fraction of sp³-hybridized carbons (Fsp3) is 0.333. The van der Waals surface area contributed by atoms with Crippen LogP contribution in [0.2, 0.25) is 0 Å². The summed E-state index contributed by atoms with van der Waals surface area (Å²) in [5, 5.41) is 14.6. The lowest BCUT2D eigenvalue weighted by atomic mass is 9.94. The molecule has 30 heavy (non-hydrogen) atoms. The number of hydrogen-bond acceptors (Lipinski definition) is 5. The van der Waals surface area contributed by atoms with Crippen LogP contribution in [0.1, 0.15) is 17.2 Å². The summed E-state index contributed by atoms with van der Waals surface area (Å²) in [5.74, 6) is -1.03. The van der Waals surface area contributed by atoms with Crippen LogP contribution < -0.4 is 10.1 Å². The van der Waals surface area contributed by atoms with Gasteiger partial charge in [0.25, 0.3) is 5.69 Å². The number of halogens is 6. The second kappa shape index (κ2) is 10.8. The van der Waals surface area contributed by atoms with Crippen LogP contribution in [0.25, 0.3) is 0 Å².